The summed E-state index contributed by atoms with van der Waals surface area (Å²) in [5.74, 6) is 1.51. The predicted octanol–water partition coefficient (Wildman–Crippen LogP) is 2.45. The number of benzene rings is 1. The first-order chi connectivity index (χ1) is 12.1. The molecule has 1 aliphatic carbocycles. The van der Waals surface area contributed by atoms with Crippen LogP contribution in [0.25, 0.3) is 0 Å². The minimum atomic E-state index is 0.0459. The van der Waals surface area contributed by atoms with Gasteiger partial charge in [-0.15, -0.1) is 0 Å². The van der Waals surface area contributed by atoms with Gasteiger partial charge in [0, 0.05) is 39.1 Å². The maximum atomic E-state index is 12.0. The number of hydrogen-bond donors (Lipinski definition) is 1. The monoisotopic (exact) mass is 342 g/mol. The smallest absolute Gasteiger partial charge is 0.243 e. The van der Waals surface area contributed by atoms with Gasteiger partial charge in [0.05, 0.1) is 0 Å². The van der Waals surface area contributed by atoms with Crippen molar-refractivity contribution >= 4 is 11.9 Å². The largest absolute Gasteiger partial charge is 0.353 e. The van der Waals surface area contributed by atoms with E-state index in [-0.39, 0.29) is 12.5 Å². The summed E-state index contributed by atoms with van der Waals surface area (Å²) in [7, 11) is 3.56. The number of guanidine groups is 1. The zero-order valence-corrected chi connectivity index (χ0v) is 15.4. The standard InChI is InChI=1S/C20H30N4O/c1-23(2)19(25)14-21-20(22-18-10-6-7-11-18)24-13-12-17(15-24)16-8-4-3-5-9-16/h3-5,8-9,17-18H,6-7,10-15H2,1-2H3,(H,21,22). The maximum absolute atomic E-state index is 12.0. The molecule has 0 bridgehead atoms. The number of rotatable bonds is 4. The van der Waals surface area contributed by atoms with Gasteiger partial charge >= 0.3 is 0 Å². The van der Waals surface area contributed by atoms with Gasteiger partial charge in [-0.1, -0.05) is 43.2 Å². The summed E-state index contributed by atoms with van der Waals surface area (Å²) in [6.45, 7) is 2.18. The molecular formula is C20H30N4O. The van der Waals surface area contributed by atoms with Crippen LogP contribution in [0.5, 0.6) is 0 Å². The quantitative estimate of drug-likeness (QED) is 0.675. The van der Waals surface area contributed by atoms with E-state index in [1.807, 2.05) is 0 Å². The molecule has 1 aromatic carbocycles. The van der Waals surface area contributed by atoms with Gasteiger partial charge in [0.2, 0.25) is 5.91 Å². The van der Waals surface area contributed by atoms with Gasteiger partial charge in [0.1, 0.15) is 6.54 Å². The molecule has 5 nitrogen and oxygen atoms in total. The highest BCUT2D eigenvalue weighted by Crippen LogP contribution is 2.27. The molecule has 1 atom stereocenters. The SMILES string of the molecule is CN(C)C(=O)CN=C(NC1CCCC1)N1CCC(c2ccccc2)C1. The molecule has 5 heteroatoms. The van der Waals surface area contributed by atoms with Crippen molar-refractivity contribution in [2.75, 3.05) is 33.7 Å². The fourth-order valence-electron chi connectivity index (χ4n) is 3.72. The molecule has 1 saturated carbocycles. The van der Waals surface area contributed by atoms with E-state index in [9.17, 15) is 4.79 Å². The van der Waals surface area contributed by atoms with Crippen LogP contribution in [0.1, 0.15) is 43.6 Å². The van der Waals surface area contributed by atoms with Crippen LogP contribution in [0.3, 0.4) is 0 Å². The third-order valence-electron chi connectivity index (χ3n) is 5.31. The second kappa shape index (κ2) is 8.37. The van der Waals surface area contributed by atoms with E-state index >= 15 is 0 Å². The zero-order chi connectivity index (χ0) is 17.6. The van der Waals surface area contributed by atoms with Crippen LogP contribution in [0.2, 0.25) is 0 Å². The van der Waals surface area contributed by atoms with Gasteiger partial charge in [0.25, 0.3) is 0 Å². The number of likely N-dealkylation sites (N-methyl/N-ethyl adjacent to an activating group) is 1. The number of carbonyl (C=O) groups is 1. The first-order valence-corrected chi connectivity index (χ1v) is 9.44. The Balaban J connectivity index is 1.68. The van der Waals surface area contributed by atoms with Crippen molar-refractivity contribution in [3.8, 4) is 0 Å². The average molecular weight is 342 g/mol. The van der Waals surface area contributed by atoms with E-state index in [0.29, 0.717) is 12.0 Å². The van der Waals surface area contributed by atoms with Gasteiger partial charge < -0.3 is 15.1 Å². The Bertz CT molecular complexity index is 593. The summed E-state index contributed by atoms with van der Waals surface area (Å²) in [5.41, 5.74) is 1.40. The highest BCUT2D eigenvalue weighted by molar-refractivity contribution is 5.85. The van der Waals surface area contributed by atoms with Crippen molar-refractivity contribution in [2.45, 2.75) is 44.1 Å². The molecule has 25 heavy (non-hydrogen) atoms. The molecule has 1 unspecified atom stereocenters. The van der Waals surface area contributed by atoms with Gasteiger partial charge in [-0.05, 0) is 24.8 Å². The molecule has 2 fully saturated rings. The van der Waals surface area contributed by atoms with Gasteiger partial charge in [-0.3, -0.25) is 4.79 Å². The lowest BCUT2D eigenvalue weighted by Gasteiger charge is -2.25. The number of aliphatic imine (C=N–C) groups is 1. The highest BCUT2D eigenvalue weighted by atomic mass is 16.2. The van der Waals surface area contributed by atoms with Crippen LogP contribution in [0.4, 0.5) is 0 Å². The lowest BCUT2D eigenvalue weighted by Crippen LogP contribution is -2.45. The van der Waals surface area contributed by atoms with Crippen molar-refractivity contribution in [3.05, 3.63) is 35.9 Å². The molecule has 136 valence electrons. The topological polar surface area (TPSA) is 47.9 Å². The summed E-state index contributed by atoms with van der Waals surface area (Å²) in [5, 5.41) is 3.63. The number of amides is 1. The molecule has 1 heterocycles. The Morgan fingerprint density at radius 1 is 1.20 bits per heavy atom. The van der Waals surface area contributed by atoms with Crippen molar-refractivity contribution in [2.24, 2.45) is 4.99 Å². The van der Waals surface area contributed by atoms with Crippen molar-refractivity contribution < 1.29 is 4.79 Å². The zero-order valence-electron chi connectivity index (χ0n) is 15.4. The Morgan fingerprint density at radius 3 is 2.60 bits per heavy atom. The van der Waals surface area contributed by atoms with Crippen LogP contribution in [-0.2, 0) is 4.79 Å². The summed E-state index contributed by atoms with van der Waals surface area (Å²) >= 11 is 0. The van der Waals surface area contributed by atoms with Crippen LogP contribution in [0, 0.1) is 0 Å². The normalized spacial score (nSPS) is 21.6. The molecule has 0 radical (unpaired) electrons. The predicted molar refractivity (Wildman–Crippen MR) is 102 cm³/mol. The number of nitrogens with one attached hydrogen (secondary N) is 1. The van der Waals surface area contributed by atoms with E-state index in [0.717, 1.165) is 25.5 Å². The first-order valence-electron chi connectivity index (χ1n) is 9.44. The molecule has 1 amide bonds. The molecule has 0 spiro atoms. The molecule has 0 aromatic heterocycles. The van der Waals surface area contributed by atoms with Gasteiger partial charge in [-0.2, -0.15) is 0 Å². The van der Waals surface area contributed by atoms with E-state index in [1.54, 1.807) is 19.0 Å². The van der Waals surface area contributed by atoms with Crippen LogP contribution >= 0.6 is 0 Å². The van der Waals surface area contributed by atoms with E-state index < -0.39 is 0 Å². The third-order valence-corrected chi connectivity index (χ3v) is 5.31. The minimum absolute atomic E-state index is 0.0459. The number of carbonyl (C=O) groups excluding carboxylic acids is 1. The molecular weight excluding hydrogens is 312 g/mol. The van der Waals surface area contributed by atoms with Gasteiger partial charge in [-0.25, -0.2) is 4.99 Å². The molecule has 1 N–H and O–H groups in total. The lowest BCUT2D eigenvalue weighted by atomic mass is 9.99. The fraction of sp³-hybridized carbons (Fsp3) is 0.600. The molecule has 2 aliphatic rings. The van der Waals surface area contributed by atoms with E-state index in [2.05, 4.69) is 45.5 Å². The Morgan fingerprint density at radius 2 is 1.92 bits per heavy atom. The average Bonchev–Trinajstić information content (AvgIpc) is 3.30. The molecule has 1 aromatic rings. The highest BCUT2D eigenvalue weighted by Gasteiger charge is 2.28. The van der Waals surface area contributed by atoms with E-state index in [4.69, 9.17) is 0 Å². The molecule has 1 aliphatic heterocycles. The van der Waals surface area contributed by atoms with Crippen molar-refractivity contribution in [1.29, 1.82) is 0 Å². The molecule has 1 saturated heterocycles. The van der Waals surface area contributed by atoms with Gasteiger partial charge in [0.15, 0.2) is 5.96 Å². The van der Waals surface area contributed by atoms with Crippen LogP contribution in [-0.4, -0.2) is 61.4 Å². The molecule has 3 rings (SSSR count). The first kappa shape index (κ1) is 17.8. The minimum Gasteiger partial charge on any atom is -0.353 e. The fourth-order valence-corrected chi connectivity index (χ4v) is 3.72. The van der Waals surface area contributed by atoms with Crippen molar-refractivity contribution in [3.63, 3.8) is 0 Å². The summed E-state index contributed by atoms with van der Waals surface area (Å²) in [6.07, 6.45) is 6.12. The maximum Gasteiger partial charge on any atom is 0.243 e. The summed E-state index contributed by atoms with van der Waals surface area (Å²) in [6, 6.07) is 11.2. The van der Waals surface area contributed by atoms with E-state index in [1.165, 1.54) is 31.2 Å². The number of nitrogens with zero attached hydrogens (tertiary/aromatic N) is 3. The second-order valence-electron chi connectivity index (χ2n) is 7.40. The third kappa shape index (κ3) is 4.74. The van der Waals surface area contributed by atoms with Crippen LogP contribution < -0.4 is 5.32 Å². The second-order valence-corrected chi connectivity index (χ2v) is 7.40. The summed E-state index contributed by atoms with van der Waals surface area (Å²) in [4.78, 5) is 20.6. The number of likely N-dealkylation sites (tertiary alicyclic amines) is 1. The number of hydrogen-bond acceptors (Lipinski definition) is 2. The Hall–Kier alpha value is -2.04. The van der Waals surface area contributed by atoms with Crippen LogP contribution in [0.15, 0.2) is 35.3 Å². The summed E-state index contributed by atoms with van der Waals surface area (Å²) < 4.78 is 0. The van der Waals surface area contributed by atoms with Crippen molar-refractivity contribution in [1.82, 2.24) is 15.1 Å². The lowest BCUT2D eigenvalue weighted by molar-refractivity contribution is -0.127. The Labute approximate surface area is 151 Å². The Kier molecular flexibility index (Phi) is 5.95.